The molecule has 1 aliphatic rings. The van der Waals surface area contributed by atoms with Crippen LogP contribution >= 0.6 is 11.6 Å². The summed E-state index contributed by atoms with van der Waals surface area (Å²) in [7, 11) is 0. The van der Waals surface area contributed by atoms with Crippen molar-refractivity contribution < 1.29 is 13.5 Å². The Morgan fingerprint density at radius 3 is 2.90 bits per heavy atom. The maximum atomic E-state index is 13.1. The third-order valence-corrected chi connectivity index (χ3v) is 3.79. The van der Waals surface area contributed by atoms with Gasteiger partial charge in [0.1, 0.15) is 29.7 Å². The third-order valence-electron chi connectivity index (χ3n) is 3.50. The summed E-state index contributed by atoms with van der Waals surface area (Å²) in [5.74, 6) is 1.85. The van der Waals surface area contributed by atoms with Gasteiger partial charge in [-0.1, -0.05) is 11.6 Å². The minimum Gasteiger partial charge on any atom is -0.489 e. The van der Waals surface area contributed by atoms with Crippen LogP contribution in [0.2, 0.25) is 5.02 Å². The highest BCUT2D eigenvalue weighted by Crippen LogP contribution is 2.24. The molecule has 0 radical (unpaired) electrons. The van der Waals surface area contributed by atoms with Crippen LogP contribution in [0.25, 0.3) is 0 Å². The van der Waals surface area contributed by atoms with E-state index in [0.717, 1.165) is 23.6 Å². The highest BCUT2D eigenvalue weighted by atomic mass is 35.5. The third kappa shape index (κ3) is 3.77. The van der Waals surface area contributed by atoms with Crippen LogP contribution in [0.4, 0.5) is 4.39 Å². The average molecular weight is 310 g/mol. The normalized spacial score (nSPS) is 14.4. The number of rotatable bonds is 6. The molecule has 1 aliphatic carbocycles. The Labute approximate surface area is 128 Å². The van der Waals surface area contributed by atoms with Crippen LogP contribution in [0, 0.1) is 12.7 Å². The first-order valence-electron chi connectivity index (χ1n) is 7.01. The zero-order valence-electron chi connectivity index (χ0n) is 11.8. The van der Waals surface area contributed by atoms with Crippen molar-refractivity contribution in [2.45, 2.75) is 39.0 Å². The van der Waals surface area contributed by atoms with Gasteiger partial charge < -0.3 is 14.5 Å². The van der Waals surface area contributed by atoms with Gasteiger partial charge in [0.05, 0.1) is 11.6 Å². The van der Waals surface area contributed by atoms with Gasteiger partial charge >= 0.3 is 0 Å². The smallest absolute Gasteiger partial charge is 0.142 e. The second-order valence-electron chi connectivity index (χ2n) is 5.31. The highest BCUT2D eigenvalue weighted by Gasteiger charge is 2.20. The molecule has 5 heteroatoms. The Kier molecular flexibility index (Phi) is 4.17. The number of furan rings is 1. The molecule has 1 saturated carbocycles. The van der Waals surface area contributed by atoms with E-state index in [1.807, 2.05) is 13.0 Å². The SMILES string of the molecule is Cc1oc(CNC2CC2)cc1COc1ccc(F)c(Cl)c1. The molecule has 1 N–H and O–H groups in total. The molecule has 21 heavy (non-hydrogen) atoms. The molecule has 112 valence electrons. The second kappa shape index (κ2) is 6.08. The molecule has 0 atom stereocenters. The van der Waals surface area contributed by atoms with E-state index in [1.54, 1.807) is 6.07 Å². The van der Waals surface area contributed by atoms with Crippen molar-refractivity contribution in [3.63, 3.8) is 0 Å². The van der Waals surface area contributed by atoms with E-state index >= 15 is 0 Å². The molecular weight excluding hydrogens is 293 g/mol. The van der Waals surface area contributed by atoms with Crippen LogP contribution in [0.3, 0.4) is 0 Å². The monoisotopic (exact) mass is 309 g/mol. The van der Waals surface area contributed by atoms with Crippen molar-refractivity contribution in [1.29, 1.82) is 0 Å². The minimum absolute atomic E-state index is 0.0609. The van der Waals surface area contributed by atoms with Crippen molar-refractivity contribution in [3.8, 4) is 5.75 Å². The zero-order chi connectivity index (χ0) is 14.8. The van der Waals surface area contributed by atoms with E-state index in [2.05, 4.69) is 5.32 Å². The van der Waals surface area contributed by atoms with Crippen molar-refractivity contribution in [2.24, 2.45) is 0 Å². The summed E-state index contributed by atoms with van der Waals surface area (Å²) in [6.45, 7) is 3.03. The van der Waals surface area contributed by atoms with E-state index < -0.39 is 5.82 Å². The standard InChI is InChI=1S/C16H17ClFNO2/c1-10-11(6-14(21-10)8-19-12-2-3-12)9-20-13-4-5-16(18)15(17)7-13/h4-7,12,19H,2-3,8-9H2,1H3. The maximum Gasteiger partial charge on any atom is 0.142 e. The van der Waals surface area contributed by atoms with Gasteiger partial charge in [0, 0.05) is 17.7 Å². The van der Waals surface area contributed by atoms with Crippen LogP contribution in [0.1, 0.15) is 29.9 Å². The number of hydrogen-bond acceptors (Lipinski definition) is 3. The van der Waals surface area contributed by atoms with Gasteiger partial charge in [-0.05, 0) is 38.0 Å². The summed E-state index contributed by atoms with van der Waals surface area (Å²) < 4.78 is 24.4. The topological polar surface area (TPSA) is 34.4 Å². The van der Waals surface area contributed by atoms with Crippen LogP contribution in [-0.4, -0.2) is 6.04 Å². The minimum atomic E-state index is -0.447. The van der Waals surface area contributed by atoms with E-state index in [9.17, 15) is 4.39 Å². The highest BCUT2D eigenvalue weighted by molar-refractivity contribution is 6.30. The molecule has 0 saturated heterocycles. The maximum absolute atomic E-state index is 13.1. The second-order valence-corrected chi connectivity index (χ2v) is 5.72. The number of nitrogens with one attached hydrogen (secondary N) is 1. The number of halogens is 2. The Bertz CT molecular complexity index is 637. The molecule has 0 aliphatic heterocycles. The first kappa shape index (κ1) is 14.4. The Hall–Kier alpha value is -1.52. The lowest BCUT2D eigenvalue weighted by Crippen LogP contribution is -2.14. The Morgan fingerprint density at radius 2 is 2.19 bits per heavy atom. The molecule has 0 spiro atoms. The van der Waals surface area contributed by atoms with Crippen LogP contribution in [-0.2, 0) is 13.2 Å². The van der Waals surface area contributed by atoms with Gasteiger partial charge in [0.15, 0.2) is 0 Å². The van der Waals surface area contributed by atoms with E-state index in [0.29, 0.717) is 18.4 Å². The Morgan fingerprint density at radius 1 is 1.38 bits per heavy atom. The molecule has 3 nitrogen and oxygen atoms in total. The lowest BCUT2D eigenvalue weighted by atomic mass is 10.2. The number of ether oxygens (including phenoxy) is 1. The fourth-order valence-corrected chi connectivity index (χ4v) is 2.25. The van der Waals surface area contributed by atoms with Crippen molar-refractivity contribution >= 4 is 11.6 Å². The summed E-state index contributed by atoms with van der Waals surface area (Å²) in [6, 6.07) is 6.98. The van der Waals surface area contributed by atoms with Gasteiger partial charge in [-0.2, -0.15) is 0 Å². The summed E-state index contributed by atoms with van der Waals surface area (Å²) in [5.41, 5.74) is 0.989. The van der Waals surface area contributed by atoms with Gasteiger partial charge in [0.2, 0.25) is 0 Å². The van der Waals surface area contributed by atoms with Crippen LogP contribution in [0.5, 0.6) is 5.75 Å². The molecule has 1 fully saturated rings. The van der Waals surface area contributed by atoms with Crippen LogP contribution < -0.4 is 10.1 Å². The van der Waals surface area contributed by atoms with Crippen molar-refractivity contribution in [2.75, 3.05) is 0 Å². The van der Waals surface area contributed by atoms with Gasteiger partial charge in [-0.3, -0.25) is 0 Å². The molecule has 1 heterocycles. The largest absolute Gasteiger partial charge is 0.489 e. The number of benzene rings is 1. The lowest BCUT2D eigenvalue weighted by Gasteiger charge is -2.05. The molecule has 1 aromatic heterocycles. The first-order chi connectivity index (χ1) is 10.1. The van der Waals surface area contributed by atoms with E-state index in [-0.39, 0.29) is 5.02 Å². The van der Waals surface area contributed by atoms with E-state index in [1.165, 1.54) is 25.0 Å². The lowest BCUT2D eigenvalue weighted by molar-refractivity contribution is 0.302. The Balaban J connectivity index is 1.59. The molecule has 0 amide bonds. The summed E-state index contributed by atoms with van der Waals surface area (Å²) >= 11 is 5.73. The first-order valence-corrected chi connectivity index (χ1v) is 7.39. The number of hydrogen-bond donors (Lipinski definition) is 1. The van der Waals surface area contributed by atoms with Gasteiger partial charge in [-0.15, -0.1) is 0 Å². The van der Waals surface area contributed by atoms with Crippen molar-refractivity contribution in [1.82, 2.24) is 5.32 Å². The summed E-state index contributed by atoms with van der Waals surface area (Å²) in [5, 5.41) is 3.47. The fourth-order valence-electron chi connectivity index (χ4n) is 2.08. The number of aryl methyl sites for hydroxylation is 1. The summed E-state index contributed by atoms with van der Waals surface area (Å²) in [4.78, 5) is 0. The van der Waals surface area contributed by atoms with Crippen molar-refractivity contribution in [3.05, 3.63) is 52.2 Å². The van der Waals surface area contributed by atoms with Gasteiger partial charge in [-0.25, -0.2) is 4.39 Å². The van der Waals surface area contributed by atoms with Gasteiger partial charge in [0.25, 0.3) is 0 Å². The molecule has 0 bridgehead atoms. The predicted molar refractivity (Wildman–Crippen MR) is 79.0 cm³/mol. The average Bonchev–Trinajstić information content (AvgIpc) is 3.22. The molecule has 0 unspecified atom stereocenters. The molecule has 1 aromatic carbocycles. The predicted octanol–water partition coefficient (Wildman–Crippen LogP) is 4.21. The zero-order valence-corrected chi connectivity index (χ0v) is 12.5. The summed E-state index contributed by atoms with van der Waals surface area (Å²) in [6.07, 6.45) is 2.50. The van der Waals surface area contributed by atoms with Crippen LogP contribution in [0.15, 0.2) is 28.7 Å². The fraction of sp³-hybridized carbons (Fsp3) is 0.375. The molecule has 2 aromatic rings. The molecule has 3 rings (SSSR count). The quantitative estimate of drug-likeness (QED) is 0.868. The van der Waals surface area contributed by atoms with E-state index in [4.69, 9.17) is 20.8 Å². The molecular formula is C16H17ClFNO2.